The molecule has 2 rings (SSSR count). The average molecular weight is 217 g/mol. The van der Waals surface area contributed by atoms with Gasteiger partial charge in [-0.2, -0.15) is 5.10 Å². The maximum atomic E-state index is 12.0. The predicted octanol–water partition coefficient (Wildman–Crippen LogP) is 0.772. The minimum atomic E-state index is -0.482. The lowest BCUT2D eigenvalue weighted by molar-refractivity contribution is -0.121. The summed E-state index contributed by atoms with van der Waals surface area (Å²) >= 11 is 0. The topological polar surface area (TPSA) is 46.1 Å². The van der Waals surface area contributed by atoms with Crippen LogP contribution in [-0.4, -0.2) is 24.1 Å². The molecule has 0 saturated heterocycles. The quantitative estimate of drug-likeness (QED) is 0.652. The van der Waals surface area contributed by atoms with E-state index in [0.29, 0.717) is 11.7 Å². The number of aromatic nitrogens is 2. The number of hydrogen-bond donors (Lipinski definition) is 0. The number of carbonyl (C=O) groups is 1. The third kappa shape index (κ3) is 1.34. The Morgan fingerprint density at radius 3 is 2.56 bits per heavy atom. The Morgan fingerprint density at radius 1 is 1.38 bits per heavy atom. The summed E-state index contributed by atoms with van der Waals surface area (Å²) in [6.45, 7) is 8.01. The van der Waals surface area contributed by atoms with Gasteiger partial charge in [-0.25, -0.2) is 0 Å². The van der Waals surface area contributed by atoms with Crippen LogP contribution in [0.4, 0.5) is 5.82 Å². The second-order valence-corrected chi connectivity index (χ2v) is 5.15. The van der Waals surface area contributed by atoms with Crippen LogP contribution in [0.1, 0.15) is 44.9 Å². The molecule has 1 aliphatic heterocycles. The summed E-state index contributed by atoms with van der Waals surface area (Å²) in [5, 5.41) is 8.32. The second kappa shape index (κ2) is 3.30. The van der Waals surface area contributed by atoms with Crippen LogP contribution in [0.2, 0.25) is 0 Å². The summed E-state index contributed by atoms with van der Waals surface area (Å²) in [5.41, 5.74) is 1.44. The Kier molecular flexibility index (Phi) is 2.29. The minimum absolute atomic E-state index is 0.0812. The van der Waals surface area contributed by atoms with E-state index in [0.717, 1.165) is 11.3 Å². The largest absolute Gasteiger partial charge is 0.348 e. The highest BCUT2D eigenvalue weighted by Crippen LogP contribution is 2.39. The molecule has 1 aromatic heterocycles. The van der Waals surface area contributed by atoms with E-state index in [4.69, 9.17) is 0 Å². The molecule has 5 heteroatoms. The van der Waals surface area contributed by atoms with Gasteiger partial charge in [0.05, 0.1) is 11.1 Å². The van der Waals surface area contributed by atoms with Gasteiger partial charge >= 0.3 is 0 Å². The van der Waals surface area contributed by atoms with Crippen LogP contribution >= 0.6 is 0 Å². The number of anilines is 1. The first kappa shape index (κ1) is 11.1. The molecule has 0 atom stereocenters. The fraction of sp³-hybridized carbons (Fsp3) is 0.545. The van der Waals surface area contributed by atoms with Crippen LogP contribution < -0.4 is 4.81 Å². The van der Waals surface area contributed by atoms with E-state index in [1.165, 1.54) is 0 Å². The van der Waals surface area contributed by atoms with Gasteiger partial charge in [0, 0.05) is 5.56 Å². The van der Waals surface area contributed by atoms with Gasteiger partial charge in [0.1, 0.15) is 5.82 Å². The maximum absolute atomic E-state index is 12.0. The zero-order chi connectivity index (χ0) is 12.1. The molecule has 4 nitrogen and oxygen atoms in total. The van der Waals surface area contributed by atoms with E-state index in [1.54, 1.807) is 12.8 Å². The van der Waals surface area contributed by atoms with Crippen LogP contribution in [0.3, 0.4) is 0 Å². The van der Waals surface area contributed by atoms with Crippen molar-refractivity contribution in [3.8, 4) is 0 Å². The number of nitrogens with zero attached hydrogens (tertiary/aromatic N) is 3. The van der Waals surface area contributed by atoms with Gasteiger partial charge in [-0.05, 0) is 25.8 Å². The summed E-state index contributed by atoms with van der Waals surface area (Å²) in [5.74, 6) is 1.10. The summed E-state index contributed by atoms with van der Waals surface area (Å²) in [6, 6.07) is 2.01. The lowest BCUT2D eigenvalue weighted by Crippen LogP contribution is -2.34. The lowest BCUT2D eigenvalue weighted by atomic mass is 9.86. The molecule has 1 amide bonds. The monoisotopic (exact) mass is 217 g/mol. The number of rotatable bonds is 1. The molecule has 1 aliphatic rings. The first-order valence-corrected chi connectivity index (χ1v) is 5.52. The van der Waals surface area contributed by atoms with Crippen molar-refractivity contribution in [3.63, 3.8) is 0 Å². The molecule has 0 bridgehead atoms. The van der Waals surface area contributed by atoms with Gasteiger partial charge in [0.2, 0.25) is 13.9 Å². The highest BCUT2D eigenvalue weighted by molar-refractivity contribution is 6.34. The van der Waals surface area contributed by atoms with Crippen LogP contribution in [0.5, 0.6) is 0 Å². The predicted molar refractivity (Wildman–Crippen MR) is 65.2 cm³/mol. The van der Waals surface area contributed by atoms with E-state index in [-0.39, 0.29) is 5.91 Å². The van der Waals surface area contributed by atoms with Crippen molar-refractivity contribution in [2.45, 2.75) is 39.0 Å². The van der Waals surface area contributed by atoms with Gasteiger partial charge in [-0.3, -0.25) is 4.79 Å². The normalized spacial score (nSPS) is 18.1. The van der Waals surface area contributed by atoms with E-state index in [1.807, 2.05) is 19.9 Å². The fourth-order valence-electron chi connectivity index (χ4n) is 2.02. The van der Waals surface area contributed by atoms with Crippen LogP contribution in [0, 0.1) is 0 Å². The maximum Gasteiger partial charge on any atom is 0.229 e. The Bertz CT molecular complexity index is 457. The standard InChI is InChI=1S/C11H16BN3O/c1-6(2)8-5-7-9(14-13-8)15(12)10(16)11(7,3)4/h5-6H,12H2,1-4H3. The van der Waals surface area contributed by atoms with E-state index in [9.17, 15) is 4.79 Å². The molecule has 0 aliphatic carbocycles. The van der Waals surface area contributed by atoms with Gasteiger partial charge < -0.3 is 4.81 Å². The van der Waals surface area contributed by atoms with Crippen molar-refractivity contribution in [2.24, 2.45) is 0 Å². The minimum Gasteiger partial charge on any atom is -0.348 e. The first-order chi connectivity index (χ1) is 7.35. The van der Waals surface area contributed by atoms with Gasteiger partial charge in [0.25, 0.3) is 0 Å². The third-order valence-electron chi connectivity index (χ3n) is 3.22. The number of hydrogen-bond acceptors (Lipinski definition) is 3. The van der Waals surface area contributed by atoms with Crippen LogP contribution in [0.25, 0.3) is 0 Å². The molecule has 0 radical (unpaired) electrons. The molecule has 2 heterocycles. The first-order valence-electron chi connectivity index (χ1n) is 5.52. The number of carbonyl (C=O) groups excluding carboxylic acids is 1. The van der Waals surface area contributed by atoms with Gasteiger partial charge in [-0.15, -0.1) is 5.10 Å². The molecule has 16 heavy (non-hydrogen) atoms. The molecule has 0 spiro atoms. The lowest BCUT2D eigenvalue weighted by Gasteiger charge is -2.16. The van der Waals surface area contributed by atoms with Crippen LogP contribution in [0.15, 0.2) is 6.07 Å². The van der Waals surface area contributed by atoms with Crippen molar-refractivity contribution in [1.82, 2.24) is 10.2 Å². The molecule has 84 valence electrons. The summed E-state index contributed by atoms with van der Waals surface area (Å²) < 4.78 is 0. The smallest absolute Gasteiger partial charge is 0.229 e. The van der Waals surface area contributed by atoms with Crippen molar-refractivity contribution in [3.05, 3.63) is 17.3 Å². The van der Waals surface area contributed by atoms with Crippen molar-refractivity contribution < 1.29 is 4.79 Å². The Labute approximate surface area is 96.5 Å². The molecular weight excluding hydrogens is 201 g/mol. The highest BCUT2D eigenvalue weighted by atomic mass is 16.2. The number of amides is 1. The van der Waals surface area contributed by atoms with Gasteiger partial charge in [-0.1, -0.05) is 13.8 Å². The Balaban J connectivity index is 2.61. The zero-order valence-corrected chi connectivity index (χ0v) is 10.4. The molecule has 0 fully saturated rings. The molecule has 1 aromatic rings. The van der Waals surface area contributed by atoms with Crippen molar-refractivity contribution >= 4 is 19.7 Å². The summed E-state index contributed by atoms with van der Waals surface area (Å²) in [7, 11) is 1.75. The summed E-state index contributed by atoms with van der Waals surface area (Å²) in [6.07, 6.45) is 0. The SMILES string of the molecule is BN1C(=O)C(C)(C)c2cc(C(C)C)nnc21. The molecule has 0 aromatic carbocycles. The Hall–Kier alpha value is -1.39. The van der Waals surface area contributed by atoms with E-state index in [2.05, 4.69) is 24.0 Å². The average Bonchev–Trinajstić information content (AvgIpc) is 2.40. The van der Waals surface area contributed by atoms with Crippen molar-refractivity contribution in [1.29, 1.82) is 0 Å². The highest BCUT2D eigenvalue weighted by Gasteiger charge is 2.43. The molecule has 0 saturated carbocycles. The Morgan fingerprint density at radius 2 is 2.00 bits per heavy atom. The van der Waals surface area contributed by atoms with Gasteiger partial charge in [0.15, 0.2) is 0 Å². The molecule has 0 unspecified atom stereocenters. The fourth-order valence-corrected chi connectivity index (χ4v) is 2.02. The molecular formula is C11H16BN3O. The van der Waals surface area contributed by atoms with E-state index < -0.39 is 5.41 Å². The molecule has 0 N–H and O–H groups in total. The van der Waals surface area contributed by atoms with Crippen LogP contribution in [-0.2, 0) is 10.2 Å². The second-order valence-electron chi connectivity index (χ2n) is 5.15. The summed E-state index contributed by atoms with van der Waals surface area (Å²) in [4.78, 5) is 13.6. The van der Waals surface area contributed by atoms with Crippen molar-refractivity contribution in [2.75, 3.05) is 4.81 Å². The zero-order valence-electron chi connectivity index (χ0n) is 10.4. The number of fused-ring (bicyclic) bond motifs is 1. The third-order valence-corrected chi connectivity index (χ3v) is 3.22. The van der Waals surface area contributed by atoms with E-state index >= 15 is 0 Å².